The number of nitrogens with zero attached hydrogens (tertiary/aromatic N) is 1. The summed E-state index contributed by atoms with van der Waals surface area (Å²) in [4.78, 5) is 2.69. The zero-order valence-corrected chi connectivity index (χ0v) is 12.5. The minimum atomic E-state index is 0.491. The van der Waals surface area contributed by atoms with Crippen molar-refractivity contribution in [3.63, 3.8) is 0 Å². The molecule has 2 aliphatic rings. The molecule has 2 rings (SSSR count). The lowest BCUT2D eigenvalue weighted by molar-refractivity contribution is 0.101. The Labute approximate surface area is 113 Å². The van der Waals surface area contributed by atoms with Gasteiger partial charge in [0.25, 0.3) is 0 Å². The van der Waals surface area contributed by atoms with Gasteiger partial charge in [-0.1, -0.05) is 33.1 Å². The van der Waals surface area contributed by atoms with Gasteiger partial charge in [-0.05, 0) is 62.6 Å². The second-order valence-electron chi connectivity index (χ2n) is 7.06. The normalized spacial score (nSPS) is 33.5. The van der Waals surface area contributed by atoms with Crippen LogP contribution in [0.2, 0.25) is 0 Å². The van der Waals surface area contributed by atoms with E-state index in [1.807, 2.05) is 0 Å². The lowest BCUT2D eigenvalue weighted by Gasteiger charge is -2.40. The Morgan fingerprint density at radius 2 is 1.83 bits per heavy atom. The van der Waals surface area contributed by atoms with Crippen molar-refractivity contribution in [1.29, 1.82) is 0 Å². The third-order valence-electron chi connectivity index (χ3n) is 5.72. The quantitative estimate of drug-likeness (QED) is 0.832. The molecule has 0 bridgehead atoms. The van der Waals surface area contributed by atoms with Crippen molar-refractivity contribution in [3.05, 3.63) is 0 Å². The number of hydrogen-bond donors (Lipinski definition) is 1. The molecule has 0 aromatic heterocycles. The molecule has 1 saturated carbocycles. The predicted octanol–water partition coefficient (Wildman–Crippen LogP) is 3.26. The van der Waals surface area contributed by atoms with E-state index in [1.165, 1.54) is 64.6 Å². The summed E-state index contributed by atoms with van der Waals surface area (Å²) >= 11 is 0. The number of nitrogens with two attached hydrogens (primary N) is 1. The Bertz CT molecular complexity index is 245. The van der Waals surface area contributed by atoms with Crippen LogP contribution in [0.3, 0.4) is 0 Å². The molecule has 0 spiro atoms. The maximum Gasteiger partial charge on any atom is 0.000958 e. The monoisotopic (exact) mass is 252 g/mol. The van der Waals surface area contributed by atoms with Crippen LogP contribution >= 0.6 is 0 Å². The summed E-state index contributed by atoms with van der Waals surface area (Å²) in [6.45, 7) is 9.63. The molecule has 1 heterocycles. The van der Waals surface area contributed by atoms with Gasteiger partial charge in [0, 0.05) is 6.54 Å². The number of likely N-dealkylation sites (tertiary alicyclic amines) is 1. The molecule has 0 aromatic carbocycles. The SMILES string of the molecule is CC1CCN(CCC2(CN)CCCCC2)CC1C. The van der Waals surface area contributed by atoms with Gasteiger partial charge in [0.15, 0.2) is 0 Å². The van der Waals surface area contributed by atoms with Gasteiger partial charge in [0.05, 0.1) is 0 Å². The maximum absolute atomic E-state index is 6.08. The highest BCUT2D eigenvalue weighted by Crippen LogP contribution is 2.38. The summed E-state index contributed by atoms with van der Waals surface area (Å²) in [5, 5.41) is 0. The molecule has 0 radical (unpaired) electrons. The van der Waals surface area contributed by atoms with Crippen molar-refractivity contribution in [3.8, 4) is 0 Å². The van der Waals surface area contributed by atoms with E-state index in [1.54, 1.807) is 0 Å². The molecular formula is C16H32N2. The van der Waals surface area contributed by atoms with Crippen molar-refractivity contribution < 1.29 is 0 Å². The van der Waals surface area contributed by atoms with Gasteiger partial charge in [-0.3, -0.25) is 0 Å². The molecule has 0 aromatic rings. The first-order valence-electron chi connectivity index (χ1n) is 8.08. The van der Waals surface area contributed by atoms with Gasteiger partial charge in [-0.25, -0.2) is 0 Å². The highest BCUT2D eigenvalue weighted by molar-refractivity contribution is 4.85. The van der Waals surface area contributed by atoms with E-state index < -0.39 is 0 Å². The molecule has 106 valence electrons. The highest BCUT2D eigenvalue weighted by atomic mass is 15.1. The molecule has 2 atom stereocenters. The topological polar surface area (TPSA) is 29.3 Å². The van der Waals surface area contributed by atoms with Crippen LogP contribution in [0.4, 0.5) is 0 Å². The standard InChI is InChI=1S/C16H32N2/c1-14-6-10-18(12-15(14)2)11-9-16(13-17)7-4-3-5-8-16/h14-15H,3-13,17H2,1-2H3. The zero-order valence-electron chi connectivity index (χ0n) is 12.5. The van der Waals surface area contributed by atoms with E-state index in [-0.39, 0.29) is 0 Å². The Morgan fingerprint density at radius 3 is 2.44 bits per heavy atom. The first-order chi connectivity index (χ1) is 8.65. The molecule has 1 saturated heterocycles. The first kappa shape index (κ1) is 14.3. The second-order valence-corrected chi connectivity index (χ2v) is 7.06. The van der Waals surface area contributed by atoms with Crippen molar-refractivity contribution in [2.24, 2.45) is 23.0 Å². The smallest absolute Gasteiger partial charge is 0.000958 e. The predicted molar refractivity (Wildman–Crippen MR) is 78.6 cm³/mol. The Hall–Kier alpha value is -0.0800. The van der Waals surface area contributed by atoms with Crippen LogP contribution in [-0.4, -0.2) is 31.1 Å². The minimum absolute atomic E-state index is 0.491. The minimum Gasteiger partial charge on any atom is -0.330 e. The molecule has 2 unspecified atom stereocenters. The Morgan fingerprint density at radius 1 is 1.11 bits per heavy atom. The van der Waals surface area contributed by atoms with Crippen LogP contribution in [0.15, 0.2) is 0 Å². The highest BCUT2D eigenvalue weighted by Gasteiger charge is 2.31. The van der Waals surface area contributed by atoms with Gasteiger partial charge in [0.2, 0.25) is 0 Å². The zero-order chi connectivity index (χ0) is 13.0. The lowest BCUT2D eigenvalue weighted by Crippen LogP contribution is -2.42. The number of rotatable bonds is 4. The summed E-state index contributed by atoms with van der Waals surface area (Å²) in [5.74, 6) is 1.79. The molecule has 2 nitrogen and oxygen atoms in total. The molecule has 18 heavy (non-hydrogen) atoms. The van der Waals surface area contributed by atoms with Crippen molar-refractivity contribution in [2.75, 3.05) is 26.2 Å². The Kier molecular flexibility index (Phi) is 5.08. The number of piperidine rings is 1. The molecule has 1 aliphatic carbocycles. The summed E-state index contributed by atoms with van der Waals surface area (Å²) in [6.07, 6.45) is 9.73. The van der Waals surface area contributed by atoms with Gasteiger partial charge in [-0.15, -0.1) is 0 Å². The lowest BCUT2D eigenvalue weighted by atomic mass is 9.71. The van der Waals surface area contributed by atoms with E-state index in [4.69, 9.17) is 5.73 Å². The van der Waals surface area contributed by atoms with Crippen molar-refractivity contribution in [1.82, 2.24) is 4.90 Å². The summed E-state index contributed by atoms with van der Waals surface area (Å²) < 4.78 is 0. The van der Waals surface area contributed by atoms with E-state index >= 15 is 0 Å². The number of hydrogen-bond acceptors (Lipinski definition) is 2. The Balaban J connectivity index is 1.79. The van der Waals surface area contributed by atoms with Gasteiger partial charge < -0.3 is 10.6 Å². The van der Waals surface area contributed by atoms with Gasteiger partial charge in [0.1, 0.15) is 0 Å². The van der Waals surface area contributed by atoms with E-state index in [9.17, 15) is 0 Å². The summed E-state index contributed by atoms with van der Waals surface area (Å²) in [7, 11) is 0. The fraction of sp³-hybridized carbons (Fsp3) is 1.00. The van der Waals surface area contributed by atoms with Crippen LogP contribution in [-0.2, 0) is 0 Å². The molecule has 2 N–H and O–H groups in total. The van der Waals surface area contributed by atoms with Crippen LogP contribution in [0, 0.1) is 17.3 Å². The second kappa shape index (κ2) is 6.38. The summed E-state index contributed by atoms with van der Waals surface area (Å²) in [6, 6.07) is 0. The average molecular weight is 252 g/mol. The first-order valence-corrected chi connectivity index (χ1v) is 8.08. The van der Waals surface area contributed by atoms with Gasteiger partial charge >= 0.3 is 0 Å². The van der Waals surface area contributed by atoms with Gasteiger partial charge in [-0.2, -0.15) is 0 Å². The molecule has 2 fully saturated rings. The van der Waals surface area contributed by atoms with E-state index in [0.29, 0.717) is 5.41 Å². The fourth-order valence-corrected chi connectivity index (χ4v) is 3.81. The fourth-order valence-electron chi connectivity index (χ4n) is 3.81. The third-order valence-corrected chi connectivity index (χ3v) is 5.72. The largest absolute Gasteiger partial charge is 0.330 e. The average Bonchev–Trinajstić information content (AvgIpc) is 2.41. The summed E-state index contributed by atoms with van der Waals surface area (Å²) in [5.41, 5.74) is 6.58. The maximum atomic E-state index is 6.08. The molecule has 0 amide bonds. The third kappa shape index (κ3) is 3.48. The molecular weight excluding hydrogens is 220 g/mol. The van der Waals surface area contributed by atoms with Crippen LogP contribution in [0.25, 0.3) is 0 Å². The van der Waals surface area contributed by atoms with Crippen LogP contribution < -0.4 is 5.73 Å². The van der Waals surface area contributed by atoms with Crippen LogP contribution in [0.1, 0.15) is 58.8 Å². The van der Waals surface area contributed by atoms with Crippen molar-refractivity contribution in [2.45, 2.75) is 58.8 Å². The molecule has 2 heteroatoms. The van der Waals surface area contributed by atoms with E-state index in [0.717, 1.165) is 18.4 Å². The van der Waals surface area contributed by atoms with Crippen molar-refractivity contribution >= 4 is 0 Å². The van der Waals surface area contributed by atoms with Crippen LogP contribution in [0.5, 0.6) is 0 Å². The van der Waals surface area contributed by atoms with E-state index in [2.05, 4.69) is 18.7 Å². The molecule has 1 aliphatic heterocycles.